The highest BCUT2D eigenvalue weighted by Crippen LogP contribution is 2.37. The summed E-state index contributed by atoms with van der Waals surface area (Å²) in [7, 11) is 0. The minimum Gasteiger partial charge on any atom is -0.480 e. The number of aliphatic carboxylic acids is 1. The molecule has 2 aliphatic rings. The van der Waals surface area contributed by atoms with Crippen LogP contribution < -0.4 is 9.47 Å². The Morgan fingerprint density at radius 2 is 2.06 bits per heavy atom. The van der Waals surface area contributed by atoms with Crippen LogP contribution in [0.1, 0.15) is 25.8 Å². The lowest BCUT2D eigenvalue weighted by molar-refractivity contribution is -0.145. The third kappa shape index (κ3) is 4.42. The summed E-state index contributed by atoms with van der Waals surface area (Å²) in [5, 5.41) is 9.58. The van der Waals surface area contributed by atoms with Crippen LogP contribution >= 0.6 is 24.0 Å². The maximum absolute atomic E-state index is 12.9. The summed E-state index contributed by atoms with van der Waals surface area (Å²) < 4.78 is 11.0. The van der Waals surface area contributed by atoms with Gasteiger partial charge >= 0.3 is 5.97 Å². The summed E-state index contributed by atoms with van der Waals surface area (Å²) in [5.74, 6) is 0.0625. The normalized spacial score (nSPS) is 17.6. The molecule has 1 saturated heterocycles. The molecule has 1 amide bonds. The first kappa shape index (κ1) is 21.3. The molecule has 1 N–H and O–H groups in total. The first-order chi connectivity index (χ1) is 14.8. The average Bonchev–Trinajstić information content (AvgIpc) is 3.30. The van der Waals surface area contributed by atoms with Crippen molar-refractivity contribution in [1.82, 2.24) is 9.88 Å². The Morgan fingerprint density at radius 1 is 1.29 bits per heavy atom. The van der Waals surface area contributed by atoms with Gasteiger partial charge in [0, 0.05) is 11.8 Å². The quantitative estimate of drug-likeness (QED) is 0.512. The number of hydrogen-bond donors (Lipinski definition) is 1. The van der Waals surface area contributed by atoms with E-state index in [0.29, 0.717) is 22.8 Å². The number of thioether (sulfide) groups is 1. The van der Waals surface area contributed by atoms with E-state index in [9.17, 15) is 14.7 Å². The van der Waals surface area contributed by atoms with E-state index in [-0.39, 0.29) is 22.9 Å². The number of carbonyl (C=O) groups excluding carboxylic acids is 1. The van der Waals surface area contributed by atoms with Crippen molar-refractivity contribution in [3.8, 4) is 22.8 Å². The van der Waals surface area contributed by atoms with Gasteiger partial charge in [0.1, 0.15) is 10.4 Å². The van der Waals surface area contributed by atoms with Gasteiger partial charge in [-0.05, 0) is 48.2 Å². The van der Waals surface area contributed by atoms with Gasteiger partial charge in [0.25, 0.3) is 5.91 Å². The summed E-state index contributed by atoms with van der Waals surface area (Å²) in [4.78, 5) is 30.7. The van der Waals surface area contributed by atoms with Crippen LogP contribution in [0.2, 0.25) is 0 Å². The second kappa shape index (κ2) is 8.68. The number of thiocarbonyl (C=S) groups is 1. The Kier molecular flexibility index (Phi) is 5.97. The minimum atomic E-state index is -1.05. The number of amides is 1. The fourth-order valence-electron chi connectivity index (χ4n) is 3.38. The summed E-state index contributed by atoms with van der Waals surface area (Å²) in [6, 6.07) is 8.35. The van der Waals surface area contributed by atoms with Crippen LogP contribution in [-0.4, -0.2) is 44.0 Å². The molecule has 1 fully saturated rings. The number of pyridine rings is 1. The summed E-state index contributed by atoms with van der Waals surface area (Å²) >= 11 is 6.42. The van der Waals surface area contributed by atoms with Crippen molar-refractivity contribution in [2.75, 3.05) is 6.79 Å². The van der Waals surface area contributed by atoms with E-state index in [2.05, 4.69) is 4.98 Å². The minimum absolute atomic E-state index is 0.114. The Morgan fingerprint density at radius 3 is 2.74 bits per heavy atom. The molecule has 1 aromatic carbocycles. The maximum atomic E-state index is 12.9. The predicted octanol–water partition coefficient (Wildman–Crippen LogP) is 4.18. The number of fused-ring (bicyclic) bond motifs is 1. The fourth-order valence-corrected chi connectivity index (χ4v) is 4.74. The van der Waals surface area contributed by atoms with E-state index in [1.807, 2.05) is 44.2 Å². The van der Waals surface area contributed by atoms with Gasteiger partial charge in [-0.2, -0.15) is 0 Å². The summed E-state index contributed by atoms with van der Waals surface area (Å²) in [6.07, 6.45) is 3.68. The van der Waals surface area contributed by atoms with Crippen LogP contribution in [0.5, 0.6) is 11.5 Å². The molecule has 0 radical (unpaired) electrons. The molecule has 1 atom stereocenters. The molecule has 31 heavy (non-hydrogen) atoms. The third-order valence-electron chi connectivity index (χ3n) is 4.87. The van der Waals surface area contributed by atoms with E-state index in [1.54, 1.807) is 12.3 Å². The van der Waals surface area contributed by atoms with Crippen molar-refractivity contribution < 1.29 is 24.2 Å². The molecule has 0 saturated carbocycles. The molecule has 2 aliphatic heterocycles. The van der Waals surface area contributed by atoms with Crippen molar-refractivity contribution in [3.05, 3.63) is 47.0 Å². The number of carboxylic acid groups (broad SMARTS) is 1. The number of benzene rings is 1. The van der Waals surface area contributed by atoms with Crippen molar-refractivity contribution in [3.63, 3.8) is 0 Å². The summed E-state index contributed by atoms with van der Waals surface area (Å²) in [6.45, 7) is 4.04. The van der Waals surface area contributed by atoms with E-state index in [0.717, 1.165) is 28.6 Å². The number of carboxylic acids is 1. The van der Waals surface area contributed by atoms with Crippen molar-refractivity contribution in [1.29, 1.82) is 0 Å². The Labute approximate surface area is 189 Å². The van der Waals surface area contributed by atoms with Gasteiger partial charge in [0.05, 0.1) is 10.6 Å². The van der Waals surface area contributed by atoms with Gasteiger partial charge in [-0.25, -0.2) is 4.79 Å². The number of carbonyl (C=O) groups is 2. The number of aromatic nitrogens is 1. The van der Waals surface area contributed by atoms with Crippen LogP contribution in [0.4, 0.5) is 0 Å². The Balaban J connectivity index is 1.54. The predicted molar refractivity (Wildman–Crippen MR) is 122 cm³/mol. The highest BCUT2D eigenvalue weighted by Gasteiger charge is 2.40. The third-order valence-corrected chi connectivity index (χ3v) is 6.20. The SMILES string of the molecule is CC(C)C[C@@H](C(=O)O)N1C(=O)/C(=C\c2ccc(-c3ccc4c(c3)OCO4)nc2)SC1=S. The second-order valence-corrected chi connectivity index (χ2v) is 9.26. The number of rotatable bonds is 6. The van der Waals surface area contributed by atoms with Crippen molar-refractivity contribution in [2.24, 2.45) is 5.92 Å². The standard InChI is InChI=1S/C22H20N2O5S2/c1-12(2)7-16(21(26)27)24-20(25)19(31-22(24)30)8-13-3-5-15(23-10-13)14-4-6-17-18(9-14)29-11-28-17/h3-6,8-10,12,16H,7,11H2,1-2H3,(H,26,27)/b19-8+/t16-/m0/s1. The molecule has 2 aromatic rings. The smallest absolute Gasteiger partial charge is 0.326 e. The molecule has 0 aliphatic carbocycles. The monoisotopic (exact) mass is 456 g/mol. The van der Waals surface area contributed by atoms with Crippen LogP contribution in [0, 0.1) is 5.92 Å². The number of ether oxygens (including phenoxy) is 2. The highest BCUT2D eigenvalue weighted by molar-refractivity contribution is 8.26. The molecule has 4 rings (SSSR count). The lowest BCUT2D eigenvalue weighted by Gasteiger charge is -2.24. The van der Waals surface area contributed by atoms with Crippen molar-refractivity contribution >= 4 is 46.3 Å². The van der Waals surface area contributed by atoms with Gasteiger partial charge in [-0.3, -0.25) is 14.7 Å². The molecule has 0 bridgehead atoms. The first-order valence-electron chi connectivity index (χ1n) is 9.69. The van der Waals surface area contributed by atoms with Gasteiger partial charge in [0.2, 0.25) is 6.79 Å². The molecular formula is C22H20N2O5S2. The zero-order valence-corrected chi connectivity index (χ0v) is 18.5. The lowest BCUT2D eigenvalue weighted by Crippen LogP contribution is -2.44. The lowest BCUT2D eigenvalue weighted by atomic mass is 10.0. The average molecular weight is 457 g/mol. The van der Waals surface area contributed by atoms with Crippen molar-refractivity contribution in [2.45, 2.75) is 26.3 Å². The Hall–Kier alpha value is -2.91. The van der Waals surface area contributed by atoms with Gasteiger partial charge in [-0.15, -0.1) is 0 Å². The molecule has 160 valence electrons. The molecule has 0 unspecified atom stereocenters. The van der Waals surface area contributed by atoms with Gasteiger partial charge in [-0.1, -0.05) is 43.9 Å². The number of hydrogen-bond acceptors (Lipinski definition) is 7. The highest BCUT2D eigenvalue weighted by atomic mass is 32.2. The molecule has 7 nitrogen and oxygen atoms in total. The van der Waals surface area contributed by atoms with E-state index >= 15 is 0 Å². The van der Waals surface area contributed by atoms with E-state index in [4.69, 9.17) is 21.7 Å². The summed E-state index contributed by atoms with van der Waals surface area (Å²) in [5.41, 5.74) is 2.37. The van der Waals surface area contributed by atoms with Gasteiger partial charge in [0.15, 0.2) is 11.5 Å². The maximum Gasteiger partial charge on any atom is 0.326 e. The molecule has 1 aromatic heterocycles. The van der Waals surface area contributed by atoms with Crippen LogP contribution in [0.25, 0.3) is 17.3 Å². The molecule has 9 heteroatoms. The van der Waals surface area contributed by atoms with E-state index in [1.165, 1.54) is 4.90 Å². The van der Waals surface area contributed by atoms with Crippen LogP contribution in [-0.2, 0) is 9.59 Å². The van der Waals surface area contributed by atoms with Crippen LogP contribution in [0.15, 0.2) is 41.4 Å². The zero-order valence-electron chi connectivity index (χ0n) is 16.9. The topological polar surface area (TPSA) is 89.0 Å². The van der Waals surface area contributed by atoms with E-state index < -0.39 is 12.0 Å². The van der Waals surface area contributed by atoms with Crippen LogP contribution in [0.3, 0.4) is 0 Å². The Bertz CT molecular complexity index is 1080. The first-order valence-corrected chi connectivity index (χ1v) is 10.9. The molecule has 3 heterocycles. The zero-order chi connectivity index (χ0) is 22.1. The largest absolute Gasteiger partial charge is 0.480 e. The van der Waals surface area contributed by atoms with Gasteiger partial charge < -0.3 is 14.6 Å². The molecular weight excluding hydrogens is 436 g/mol. The fraction of sp³-hybridized carbons (Fsp3) is 0.273. The number of nitrogens with zero attached hydrogens (tertiary/aromatic N) is 2. The second-order valence-electron chi connectivity index (χ2n) is 7.58. The molecule has 0 spiro atoms.